The van der Waals surface area contributed by atoms with Gasteiger partial charge in [0.25, 0.3) is 0 Å². The van der Waals surface area contributed by atoms with E-state index in [0.717, 1.165) is 0 Å². The SMILES string of the molecule is O=C1CC(CS)CN1c1ccc(F)nc1Br. The standard InChI is InChI=1S/C10H10BrFN2OS/c11-10-7(1-2-8(12)13-10)14-4-6(5-16)3-9(14)15/h1-2,6,16H,3-5H2. The van der Waals surface area contributed by atoms with Crippen molar-refractivity contribution < 1.29 is 9.18 Å². The van der Waals surface area contributed by atoms with Crippen molar-refractivity contribution in [2.45, 2.75) is 6.42 Å². The third kappa shape index (κ3) is 2.22. The van der Waals surface area contributed by atoms with E-state index in [4.69, 9.17) is 0 Å². The van der Waals surface area contributed by atoms with Gasteiger partial charge < -0.3 is 4.90 Å². The first-order valence-corrected chi connectivity index (χ1v) is 6.27. The zero-order valence-corrected chi connectivity index (χ0v) is 10.8. The molecule has 0 radical (unpaired) electrons. The molecule has 0 bridgehead atoms. The Balaban J connectivity index is 2.28. The van der Waals surface area contributed by atoms with Crippen LogP contribution in [0.3, 0.4) is 0 Å². The van der Waals surface area contributed by atoms with Crippen LogP contribution in [0.15, 0.2) is 16.7 Å². The number of carbonyl (C=O) groups excluding carboxylic acids is 1. The fraction of sp³-hybridized carbons (Fsp3) is 0.400. The molecule has 0 aliphatic carbocycles. The summed E-state index contributed by atoms with van der Waals surface area (Å²) < 4.78 is 13.2. The van der Waals surface area contributed by atoms with Crippen LogP contribution >= 0.6 is 28.6 Å². The van der Waals surface area contributed by atoms with Gasteiger partial charge in [0, 0.05) is 13.0 Å². The molecule has 1 unspecified atom stereocenters. The highest BCUT2D eigenvalue weighted by Gasteiger charge is 2.31. The first-order valence-electron chi connectivity index (χ1n) is 4.85. The summed E-state index contributed by atoms with van der Waals surface area (Å²) in [5.74, 6) is 0.406. The maximum atomic E-state index is 12.8. The van der Waals surface area contributed by atoms with Crippen LogP contribution in [0.2, 0.25) is 0 Å². The van der Waals surface area contributed by atoms with Crippen LogP contribution in [0.25, 0.3) is 0 Å². The molecular weight excluding hydrogens is 295 g/mol. The lowest BCUT2D eigenvalue weighted by atomic mass is 10.1. The van der Waals surface area contributed by atoms with Crippen LogP contribution < -0.4 is 4.90 Å². The predicted octanol–water partition coefficient (Wildman–Crippen LogP) is 2.27. The number of nitrogens with zero attached hydrogens (tertiary/aromatic N) is 2. The van der Waals surface area contributed by atoms with Gasteiger partial charge in [0.05, 0.1) is 5.69 Å². The third-order valence-electron chi connectivity index (χ3n) is 2.55. The summed E-state index contributed by atoms with van der Waals surface area (Å²) >= 11 is 7.35. The van der Waals surface area contributed by atoms with Crippen molar-refractivity contribution in [2.75, 3.05) is 17.2 Å². The van der Waals surface area contributed by atoms with E-state index in [9.17, 15) is 9.18 Å². The Labute approximate surface area is 107 Å². The molecule has 1 aliphatic rings. The monoisotopic (exact) mass is 304 g/mol. The molecule has 1 aromatic heterocycles. The molecule has 0 saturated carbocycles. The number of aromatic nitrogens is 1. The largest absolute Gasteiger partial charge is 0.310 e. The minimum absolute atomic E-state index is 0.0353. The molecule has 1 amide bonds. The molecule has 1 aliphatic heterocycles. The molecule has 16 heavy (non-hydrogen) atoms. The van der Waals surface area contributed by atoms with Gasteiger partial charge in [-0.2, -0.15) is 17.0 Å². The fourth-order valence-corrected chi connectivity index (χ4v) is 2.50. The van der Waals surface area contributed by atoms with Crippen LogP contribution in [0, 0.1) is 11.9 Å². The summed E-state index contributed by atoms with van der Waals surface area (Å²) in [6.07, 6.45) is 0.493. The van der Waals surface area contributed by atoms with Crippen LogP contribution in [-0.2, 0) is 4.79 Å². The number of carbonyl (C=O) groups is 1. The lowest BCUT2D eigenvalue weighted by Crippen LogP contribution is -2.25. The van der Waals surface area contributed by atoms with E-state index in [1.54, 1.807) is 11.0 Å². The van der Waals surface area contributed by atoms with E-state index >= 15 is 0 Å². The molecule has 0 spiro atoms. The second-order valence-electron chi connectivity index (χ2n) is 3.70. The summed E-state index contributed by atoms with van der Waals surface area (Å²) in [6, 6.07) is 2.81. The van der Waals surface area contributed by atoms with Crippen molar-refractivity contribution in [1.82, 2.24) is 4.98 Å². The molecule has 3 nitrogen and oxygen atoms in total. The summed E-state index contributed by atoms with van der Waals surface area (Å²) in [7, 11) is 0. The number of amides is 1. The molecule has 1 fully saturated rings. The van der Waals surface area contributed by atoms with E-state index in [2.05, 4.69) is 33.5 Å². The van der Waals surface area contributed by atoms with Crippen LogP contribution in [0.4, 0.5) is 10.1 Å². The summed E-state index contributed by atoms with van der Waals surface area (Å²) in [4.78, 5) is 17.0. The highest BCUT2D eigenvalue weighted by atomic mass is 79.9. The van der Waals surface area contributed by atoms with Crippen molar-refractivity contribution in [1.29, 1.82) is 0 Å². The van der Waals surface area contributed by atoms with Crippen molar-refractivity contribution in [3.05, 3.63) is 22.7 Å². The highest BCUT2D eigenvalue weighted by Crippen LogP contribution is 2.30. The number of hydrogen-bond donors (Lipinski definition) is 1. The molecule has 86 valence electrons. The van der Waals surface area contributed by atoms with Gasteiger partial charge in [-0.1, -0.05) is 0 Å². The van der Waals surface area contributed by atoms with Gasteiger partial charge >= 0.3 is 0 Å². The number of thiol groups is 1. The predicted molar refractivity (Wildman–Crippen MR) is 66.2 cm³/mol. The van der Waals surface area contributed by atoms with Crippen LogP contribution in [0.5, 0.6) is 0 Å². The number of rotatable bonds is 2. The van der Waals surface area contributed by atoms with E-state index in [-0.39, 0.29) is 11.8 Å². The van der Waals surface area contributed by atoms with E-state index in [0.29, 0.717) is 29.0 Å². The first kappa shape index (κ1) is 11.9. The van der Waals surface area contributed by atoms with Crippen LogP contribution in [0.1, 0.15) is 6.42 Å². The number of halogens is 2. The van der Waals surface area contributed by atoms with Crippen molar-refractivity contribution >= 4 is 40.2 Å². The van der Waals surface area contributed by atoms with E-state index < -0.39 is 5.95 Å². The Bertz CT molecular complexity index is 429. The minimum atomic E-state index is -0.562. The zero-order valence-electron chi connectivity index (χ0n) is 8.36. The topological polar surface area (TPSA) is 33.2 Å². The fourth-order valence-electron chi connectivity index (χ4n) is 1.74. The molecule has 0 N–H and O–H groups in total. The van der Waals surface area contributed by atoms with Crippen LogP contribution in [-0.4, -0.2) is 23.2 Å². The van der Waals surface area contributed by atoms with Gasteiger partial charge in [0.1, 0.15) is 4.60 Å². The summed E-state index contributed by atoms with van der Waals surface area (Å²) in [5.41, 5.74) is 0.621. The second kappa shape index (κ2) is 4.71. The number of hydrogen-bond acceptors (Lipinski definition) is 3. The van der Waals surface area contributed by atoms with Gasteiger partial charge in [0.15, 0.2) is 0 Å². The van der Waals surface area contributed by atoms with Gasteiger partial charge in [0.2, 0.25) is 11.9 Å². The Kier molecular flexibility index (Phi) is 3.49. The molecule has 6 heteroatoms. The van der Waals surface area contributed by atoms with Gasteiger partial charge in [-0.3, -0.25) is 4.79 Å². The lowest BCUT2D eigenvalue weighted by Gasteiger charge is -2.17. The smallest absolute Gasteiger partial charge is 0.227 e. The Morgan fingerprint density at radius 1 is 1.62 bits per heavy atom. The highest BCUT2D eigenvalue weighted by molar-refractivity contribution is 9.10. The quantitative estimate of drug-likeness (QED) is 0.672. The maximum absolute atomic E-state index is 12.8. The van der Waals surface area contributed by atoms with E-state index in [1.165, 1.54) is 6.07 Å². The average molecular weight is 305 g/mol. The Morgan fingerprint density at radius 3 is 2.94 bits per heavy atom. The molecule has 1 saturated heterocycles. The minimum Gasteiger partial charge on any atom is -0.310 e. The zero-order chi connectivity index (χ0) is 11.7. The molecule has 2 heterocycles. The lowest BCUT2D eigenvalue weighted by molar-refractivity contribution is -0.117. The number of anilines is 1. The van der Waals surface area contributed by atoms with Crippen molar-refractivity contribution in [3.63, 3.8) is 0 Å². The first-order chi connectivity index (χ1) is 7.61. The van der Waals surface area contributed by atoms with Crippen molar-refractivity contribution in [3.8, 4) is 0 Å². The normalized spacial score (nSPS) is 20.6. The average Bonchev–Trinajstić information content (AvgIpc) is 2.60. The van der Waals surface area contributed by atoms with E-state index in [1.807, 2.05) is 0 Å². The number of pyridine rings is 1. The molecule has 1 atom stereocenters. The van der Waals surface area contributed by atoms with Crippen molar-refractivity contribution in [2.24, 2.45) is 5.92 Å². The molecule has 2 rings (SSSR count). The maximum Gasteiger partial charge on any atom is 0.227 e. The van der Waals surface area contributed by atoms with Gasteiger partial charge in [-0.25, -0.2) is 4.98 Å². The van der Waals surface area contributed by atoms with Gasteiger partial charge in [-0.05, 0) is 39.7 Å². The molecular formula is C10H10BrFN2OS. The Morgan fingerprint density at radius 2 is 2.38 bits per heavy atom. The molecule has 1 aromatic rings. The molecule has 0 aromatic carbocycles. The summed E-state index contributed by atoms with van der Waals surface area (Å²) in [5, 5.41) is 0. The third-order valence-corrected chi connectivity index (χ3v) is 3.65. The summed E-state index contributed by atoms with van der Waals surface area (Å²) in [6.45, 7) is 0.619. The van der Waals surface area contributed by atoms with Gasteiger partial charge in [-0.15, -0.1) is 0 Å². The Hall–Kier alpha value is -0.620. The second-order valence-corrected chi connectivity index (χ2v) is 4.82.